The first-order chi connectivity index (χ1) is 7.61. The largest absolute Gasteiger partial charge is 0.480 e. The molecule has 0 aliphatic rings. The van der Waals surface area contributed by atoms with E-state index in [2.05, 4.69) is 5.32 Å². The van der Waals surface area contributed by atoms with Crippen LogP contribution in [-0.2, 0) is 14.3 Å². The molecule has 2 N–H and O–H groups in total. The van der Waals surface area contributed by atoms with Crippen molar-refractivity contribution < 1.29 is 19.4 Å². The fraction of sp³-hybridized carbons (Fsp3) is 0.800. The molecule has 1 unspecified atom stereocenters. The molecule has 1 atom stereocenters. The van der Waals surface area contributed by atoms with Crippen LogP contribution in [0.5, 0.6) is 0 Å². The van der Waals surface area contributed by atoms with Crippen molar-refractivity contribution in [3.8, 4) is 0 Å². The van der Waals surface area contributed by atoms with Gasteiger partial charge in [0.2, 0.25) is 5.91 Å². The lowest BCUT2D eigenvalue weighted by molar-refractivity contribution is -0.142. The molecule has 0 aliphatic heterocycles. The summed E-state index contributed by atoms with van der Waals surface area (Å²) in [6.07, 6.45) is 3.40. The first-order valence-electron chi connectivity index (χ1n) is 5.11. The van der Waals surface area contributed by atoms with Gasteiger partial charge in [-0.3, -0.25) is 4.79 Å². The minimum Gasteiger partial charge on any atom is -0.480 e. The van der Waals surface area contributed by atoms with Crippen LogP contribution in [-0.4, -0.2) is 48.8 Å². The number of rotatable bonds is 9. The van der Waals surface area contributed by atoms with Crippen LogP contribution in [0.2, 0.25) is 0 Å². The SMILES string of the molecule is COCCC(NC(=O)CCCSC)C(=O)O. The number of nitrogens with one attached hydrogen (secondary N) is 1. The van der Waals surface area contributed by atoms with E-state index in [0.717, 1.165) is 12.2 Å². The monoisotopic (exact) mass is 249 g/mol. The highest BCUT2D eigenvalue weighted by Gasteiger charge is 2.18. The molecule has 0 heterocycles. The van der Waals surface area contributed by atoms with Crippen molar-refractivity contribution in [2.45, 2.75) is 25.3 Å². The van der Waals surface area contributed by atoms with Gasteiger partial charge in [0.25, 0.3) is 0 Å². The summed E-state index contributed by atoms with van der Waals surface area (Å²) in [6, 6.07) is -0.846. The van der Waals surface area contributed by atoms with Crippen LogP contribution >= 0.6 is 11.8 Å². The van der Waals surface area contributed by atoms with Crippen LogP contribution in [0.1, 0.15) is 19.3 Å². The molecule has 0 rings (SSSR count). The fourth-order valence-corrected chi connectivity index (χ4v) is 1.57. The highest BCUT2D eigenvalue weighted by atomic mass is 32.2. The van der Waals surface area contributed by atoms with Gasteiger partial charge in [0.05, 0.1) is 0 Å². The van der Waals surface area contributed by atoms with Gasteiger partial charge in [-0.15, -0.1) is 0 Å². The average molecular weight is 249 g/mol. The third kappa shape index (κ3) is 7.53. The number of hydrogen-bond acceptors (Lipinski definition) is 4. The second-order valence-electron chi connectivity index (χ2n) is 3.34. The highest BCUT2D eigenvalue weighted by molar-refractivity contribution is 7.98. The van der Waals surface area contributed by atoms with E-state index in [4.69, 9.17) is 9.84 Å². The van der Waals surface area contributed by atoms with Crippen LogP contribution in [0.3, 0.4) is 0 Å². The topological polar surface area (TPSA) is 75.6 Å². The predicted molar refractivity (Wildman–Crippen MR) is 63.7 cm³/mol. The van der Waals surface area contributed by atoms with Gasteiger partial charge in [-0.1, -0.05) is 0 Å². The Morgan fingerprint density at radius 2 is 2.19 bits per heavy atom. The molecule has 94 valence electrons. The van der Waals surface area contributed by atoms with Crippen LogP contribution in [0.15, 0.2) is 0 Å². The third-order valence-electron chi connectivity index (χ3n) is 2.00. The number of carboxylic acid groups (broad SMARTS) is 1. The average Bonchev–Trinajstić information content (AvgIpc) is 2.24. The standard InChI is InChI=1S/C10H19NO4S/c1-15-6-5-8(10(13)14)11-9(12)4-3-7-16-2/h8H,3-7H2,1-2H3,(H,11,12)(H,13,14). The molecule has 16 heavy (non-hydrogen) atoms. The van der Waals surface area contributed by atoms with Crippen molar-refractivity contribution in [3.05, 3.63) is 0 Å². The Labute approximate surface area is 99.9 Å². The Bertz CT molecular complexity index is 223. The molecule has 0 aromatic heterocycles. The molecular weight excluding hydrogens is 230 g/mol. The number of carbonyl (C=O) groups excluding carboxylic acids is 1. The van der Waals surface area contributed by atoms with Crippen molar-refractivity contribution in [1.82, 2.24) is 5.32 Å². The number of amides is 1. The Morgan fingerprint density at radius 3 is 2.69 bits per heavy atom. The van der Waals surface area contributed by atoms with E-state index in [1.54, 1.807) is 11.8 Å². The second kappa shape index (κ2) is 9.47. The van der Waals surface area contributed by atoms with Gasteiger partial charge < -0.3 is 15.2 Å². The lowest BCUT2D eigenvalue weighted by atomic mass is 10.2. The van der Waals surface area contributed by atoms with Crippen molar-refractivity contribution in [3.63, 3.8) is 0 Å². The molecule has 0 aromatic carbocycles. The maximum absolute atomic E-state index is 11.4. The van der Waals surface area contributed by atoms with E-state index >= 15 is 0 Å². The Hall–Kier alpha value is -0.750. The van der Waals surface area contributed by atoms with Crippen LogP contribution < -0.4 is 5.32 Å². The summed E-state index contributed by atoms with van der Waals surface area (Å²) in [5.41, 5.74) is 0. The first kappa shape index (κ1) is 15.2. The molecule has 0 aliphatic carbocycles. The molecule has 1 amide bonds. The molecule has 6 heteroatoms. The molecule has 0 bridgehead atoms. The minimum absolute atomic E-state index is 0.211. The molecule has 0 saturated carbocycles. The zero-order valence-corrected chi connectivity index (χ0v) is 10.5. The summed E-state index contributed by atoms with van der Waals surface area (Å²) in [7, 11) is 1.50. The number of carboxylic acids is 1. The van der Waals surface area contributed by atoms with Gasteiger partial charge in [0.1, 0.15) is 6.04 Å². The molecule has 0 fully saturated rings. The van der Waals surface area contributed by atoms with Crippen LogP contribution in [0, 0.1) is 0 Å². The molecular formula is C10H19NO4S. The summed E-state index contributed by atoms with van der Waals surface area (Å²) in [5.74, 6) is -0.323. The van der Waals surface area contributed by atoms with E-state index in [1.165, 1.54) is 7.11 Å². The normalized spacial score (nSPS) is 12.1. The molecule has 0 spiro atoms. The maximum Gasteiger partial charge on any atom is 0.326 e. The number of carbonyl (C=O) groups is 2. The number of thioether (sulfide) groups is 1. The maximum atomic E-state index is 11.4. The van der Waals surface area contributed by atoms with Gasteiger partial charge in [0, 0.05) is 26.6 Å². The minimum atomic E-state index is -1.02. The summed E-state index contributed by atoms with van der Waals surface area (Å²) in [4.78, 5) is 22.2. The highest BCUT2D eigenvalue weighted by Crippen LogP contribution is 2.00. The number of ether oxygens (including phenoxy) is 1. The number of aliphatic carboxylic acids is 1. The smallest absolute Gasteiger partial charge is 0.326 e. The Morgan fingerprint density at radius 1 is 1.50 bits per heavy atom. The van der Waals surface area contributed by atoms with Crippen molar-refractivity contribution >= 4 is 23.6 Å². The zero-order valence-electron chi connectivity index (χ0n) is 9.69. The molecule has 5 nitrogen and oxygen atoms in total. The summed E-state index contributed by atoms with van der Waals surface area (Å²) in [6.45, 7) is 0.321. The van der Waals surface area contributed by atoms with Crippen LogP contribution in [0.25, 0.3) is 0 Å². The fourth-order valence-electron chi connectivity index (χ4n) is 1.14. The zero-order chi connectivity index (χ0) is 12.4. The Balaban J connectivity index is 3.88. The van der Waals surface area contributed by atoms with E-state index in [0.29, 0.717) is 19.4 Å². The lowest BCUT2D eigenvalue weighted by Gasteiger charge is -2.13. The van der Waals surface area contributed by atoms with Crippen LogP contribution in [0.4, 0.5) is 0 Å². The quantitative estimate of drug-likeness (QED) is 0.589. The van der Waals surface area contributed by atoms with Crippen molar-refractivity contribution in [1.29, 1.82) is 0 Å². The van der Waals surface area contributed by atoms with Crippen molar-refractivity contribution in [2.75, 3.05) is 25.7 Å². The summed E-state index contributed by atoms with van der Waals surface area (Å²) in [5, 5.41) is 11.3. The van der Waals surface area contributed by atoms with Gasteiger partial charge in [0.15, 0.2) is 0 Å². The number of methoxy groups -OCH3 is 1. The Kier molecular flexibility index (Phi) is 9.03. The predicted octanol–water partition coefficient (Wildman–Crippen LogP) is 0.735. The van der Waals surface area contributed by atoms with E-state index in [-0.39, 0.29) is 5.91 Å². The van der Waals surface area contributed by atoms with Gasteiger partial charge in [-0.2, -0.15) is 11.8 Å². The molecule has 0 aromatic rings. The number of hydrogen-bond donors (Lipinski definition) is 2. The summed E-state index contributed by atoms with van der Waals surface area (Å²) >= 11 is 1.67. The second-order valence-corrected chi connectivity index (χ2v) is 4.32. The van der Waals surface area contributed by atoms with E-state index in [1.807, 2.05) is 6.26 Å². The molecule has 0 radical (unpaired) electrons. The van der Waals surface area contributed by atoms with Gasteiger partial charge >= 0.3 is 5.97 Å². The first-order valence-corrected chi connectivity index (χ1v) is 6.51. The third-order valence-corrected chi connectivity index (χ3v) is 2.69. The summed E-state index contributed by atoms with van der Waals surface area (Å²) < 4.78 is 4.78. The van der Waals surface area contributed by atoms with E-state index < -0.39 is 12.0 Å². The van der Waals surface area contributed by atoms with Gasteiger partial charge in [-0.25, -0.2) is 4.79 Å². The lowest BCUT2D eigenvalue weighted by Crippen LogP contribution is -2.41. The van der Waals surface area contributed by atoms with Gasteiger partial charge in [-0.05, 0) is 18.4 Å². The van der Waals surface area contributed by atoms with E-state index in [9.17, 15) is 9.59 Å². The molecule has 0 saturated heterocycles. The van der Waals surface area contributed by atoms with Crippen molar-refractivity contribution in [2.24, 2.45) is 0 Å².